The second-order valence-corrected chi connectivity index (χ2v) is 5.94. The van der Waals surface area contributed by atoms with Gasteiger partial charge in [0.15, 0.2) is 0 Å². The van der Waals surface area contributed by atoms with Crippen molar-refractivity contribution in [3.8, 4) is 0 Å². The topological polar surface area (TPSA) is 72.7 Å². The van der Waals surface area contributed by atoms with Gasteiger partial charge in [0.25, 0.3) is 5.91 Å². The smallest absolute Gasteiger partial charge is 0.348 e. The highest BCUT2D eigenvalue weighted by Crippen LogP contribution is 2.17. The molecule has 118 valence electrons. The first-order valence-electron chi connectivity index (χ1n) is 7.06. The van der Waals surface area contributed by atoms with Gasteiger partial charge in [-0.3, -0.25) is 4.79 Å². The van der Waals surface area contributed by atoms with Gasteiger partial charge in [-0.2, -0.15) is 0 Å². The molecule has 0 aliphatic heterocycles. The summed E-state index contributed by atoms with van der Waals surface area (Å²) in [5.41, 5.74) is 1.80. The lowest BCUT2D eigenvalue weighted by molar-refractivity contribution is 0.0606. The van der Waals surface area contributed by atoms with Gasteiger partial charge in [0, 0.05) is 25.4 Å². The van der Waals surface area contributed by atoms with Crippen LogP contribution in [0.5, 0.6) is 0 Å². The van der Waals surface area contributed by atoms with E-state index in [-0.39, 0.29) is 5.91 Å². The molecule has 3 aromatic rings. The monoisotopic (exact) mass is 329 g/mol. The summed E-state index contributed by atoms with van der Waals surface area (Å²) >= 11 is 1.12. The molecule has 0 unspecified atom stereocenters. The van der Waals surface area contributed by atoms with Crippen molar-refractivity contribution in [1.82, 2.24) is 14.7 Å². The molecule has 3 heterocycles. The van der Waals surface area contributed by atoms with Crippen LogP contribution in [0.1, 0.15) is 25.0 Å². The van der Waals surface area contributed by atoms with Crippen LogP contribution in [0, 0.1) is 0 Å². The summed E-state index contributed by atoms with van der Waals surface area (Å²) in [5, 5.41) is 2.83. The molecule has 3 rings (SSSR count). The fraction of sp³-hybridized carbons (Fsp3) is 0.188. The number of ether oxygens (including phenoxy) is 1. The molecule has 1 N–H and O–H groups in total. The van der Waals surface area contributed by atoms with Crippen molar-refractivity contribution in [2.24, 2.45) is 0 Å². The first kappa shape index (κ1) is 15.2. The maximum atomic E-state index is 12.1. The number of esters is 1. The summed E-state index contributed by atoms with van der Waals surface area (Å²) in [6, 6.07) is 9.02. The molecule has 0 spiro atoms. The number of rotatable bonds is 5. The Balaban J connectivity index is 1.56. The van der Waals surface area contributed by atoms with E-state index in [4.69, 9.17) is 0 Å². The molecular formula is C16H15N3O3S. The van der Waals surface area contributed by atoms with E-state index >= 15 is 0 Å². The quantitative estimate of drug-likeness (QED) is 0.728. The minimum absolute atomic E-state index is 0.200. The van der Waals surface area contributed by atoms with Gasteiger partial charge in [0.05, 0.1) is 17.7 Å². The third-order valence-corrected chi connectivity index (χ3v) is 4.36. The molecule has 0 aromatic carbocycles. The van der Waals surface area contributed by atoms with Crippen LogP contribution in [0.15, 0.2) is 42.7 Å². The van der Waals surface area contributed by atoms with Gasteiger partial charge in [0.1, 0.15) is 10.5 Å². The molecule has 0 aliphatic carbocycles. The van der Waals surface area contributed by atoms with Gasteiger partial charge < -0.3 is 14.5 Å². The molecule has 0 bridgehead atoms. The molecular weight excluding hydrogens is 314 g/mol. The third kappa shape index (κ3) is 3.40. The summed E-state index contributed by atoms with van der Waals surface area (Å²) in [4.78, 5) is 28.8. The highest BCUT2D eigenvalue weighted by Gasteiger charge is 2.13. The first-order valence-corrected chi connectivity index (χ1v) is 7.88. The average molecular weight is 329 g/mol. The number of amides is 1. The lowest BCUT2D eigenvalue weighted by Crippen LogP contribution is -2.24. The molecule has 0 fully saturated rings. The first-order chi connectivity index (χ1) is 11.2. The Hall–Kier alpha value is -2.67. The van der Waals surface area contributed by atoms with Gasteiger partial charge in [-0.1, -0.05) is 6.07 Å². The maximum Gasteiger partial charge on any atom is 0.348 e. The number of nitrogens with one attached hydrogen (secondary N) is 1. The zero-order valence-corrected chi connectivity index (χ0v) is 13.3. The third-order valence-electron chi connectivity index (χ3n) is 3.30. The number of aromatic nitrogens is 2. The number of hydrogen-bond donors (Lipinski definition) is 1. The predicted octanol–water partition coefficient (Wildman–Crippen LogP) is 2.15. The van der Waals surface area contributed by atoms with Crippen molar-refractivity contribution in [3.63, 3.8) is 0 Å². The molecule has 3 aromatic heterocycles. The molecule has 0 radical (unpaired) electrons. The second-order valence-electron chi connectivity index (χ2n) is 4.86. The summed E-state index contributed by atoms with van der Waals surface area (Å²) < 4.78 is 6.57. The van der Waals surface area contributed by atoms with E-state index in [1.165, 1.54) is 7.11 Å². The Morgan fingerprint density at radius 3 is 2.87 bits per heavy atom. The van der Waals surface area contributed by atoms with Gasteiger partial charge in [-0.15, -0.1) is 11.3 Å². The number of carbonyl (C=O) groups is 2. The Bertz CT molecular complexity index is 820. The molecule has 1 amide bonds. The van der Waals surface area contributed by atoms with Crippen LogP contribution in [0.4, 0.5) is 0 Å². The van der Waals surface area contributed by atoms with Crippen molar-refractivity contribution in [2.45, 2.75) is 6.42 Å². The highest BCUT2D eigenvalue weighted by molar-refractivity contribution is 7.15. The van der Waals surface area contributed by atoms with E-state index < -0.39 is 5.97 Å². The van der Waals surface area contributed by atoms with Crippen molar-refractivity contribution in [3.05, 3.63) is 58.2 Å². The van der Waals surface area contributed by atoms with Crippen LogP contribution in [-0.2, 0) is 11.2 Å². The number of pyridine rings is 1. The van der Waals surface area contributed by atoms with Crippen LogP contribution in [-0.4, -0.2) is 34.9 Å². The molecule has 0 aliphatic rings. The number of hydrogen-bond acceptors (Lipinski definition) is 5. The summed E-state index contributed by atoms with van der Waals surface area (Å²) in [6.45, 7) is 0.480. The number of imidazole rings is 1. The van der Waals surface area contributed by atoms with Crippen molar-refractivity contribution in [1.29, 1.82) is 0 Å². The van der Waals surface area contributed by atoms with Gasteiger partial charge in [0.2, 0.25) is 0 Å². The Morgan fingerprint density at radius 2 is 2.09 bits per heavy atom. The standard InChI is InChI=1S/C16H15N3O3S/c1-22-16(21)13-6-5-12(23-13)15(20)17-8-7-11-10-19-9-3-2-4-14(19)18-11/h2-6,9-10H,7-8H2,1H3,(H,17,20). The number of fused-ring (bicyclic) bond motifs is 1. The maximum absolute atomic E-state index is 12.1. The largest absolute Gasteiger partial charge is 0.465 e. The van der Waals surface area contributed by atoms with Crippen LogP contribution >= 0.6 is 11.3 Å². The Labute approximate surface area is 136 Å². The number of nitrogens with zero attached hydrogens (tertiary/aromatic N) is 2. The van der Waals surface area contributed by atoms with Crippen LogP contribution in [0.25, 0.3) is 5.65 Å². The predicted molar refractivity (Wildman–Crippen MR) is 86.9 cm³/mol. The lowest BCUT2D eigenvalue weighted by atomic mass is 10.3. The molecule has 0 saturated heterocycles. The SMILES string of the molecule is COC(=O)c1ccc(C(=O)NCCc2cn3ccccc3n2)s1. The number of thiophene rings is 1. The normalized spacial score (nSPS) is 10.7. The fourth-order valence-corrected chi connectivity index (χ4v) is 3.01. The summed E-state index contributed by atoms with van der Waals surface area (Å²) in [6.07, 6.45) is 4.52. The van der Waals surface area contributed by atoms with E-state index in [0.717, 1.165) is 22.7 Å². The second kappa shape index (κ2) is 6.62. The fourth-order valence-electron chi connectivity index (χ4n) is 2.17. The molecule has 6 nitrogen and oxygen atoms in total. The van der Waals surface area contributed by atoms with Gasteiger partial charge >= 0.3 is 5.97 Å². The van der Waals surface area contributed by atoms with E-state index in [1.54, 1.807) is 12.1 Å². The van der Waals surface area contributed by atoms with Crippen molar-refractivity contribution >= 4 is 28.9 Å². The number of methoxy groups -OCH3 is 1. The zero-order valence-electron chi connectivity index (χ0n) is 12.5. The van der Waals surface area contributed by atoms with E-state index in [1.807, 2.05) is 35.0 Å². The minimum Gasteiger partial charge on any atom is -0.465 e. The molecule has 0 saturated carbocycles. The summed E-state index contributed by atoms with van der Waals surface area (Å²) in [5.74, 6) is -0.632. The molecule has 23 heavy (non-hydrogen) atoms. The van der Waals surface area contributed by atoms with E-state index in [0.29, 0.717) is 22.7 Å². The van der Waals surface area contributed by atoms with Crippen molar-refractivity contribution < 1.29 is 14.3 Å². The van der Waals surface area contributed by atoms with Crippen LogP contribution in [0.2, 0.25) is 0 Å². The molecule has 0 atom stereocenters. The van der Waals surface area contributed by atoms with E-state index in [2.05, 4.69) is 15.0 Å². The zero-order chi connectivity index (χ0) is 16.2. The van der Waals surface area contributed by atoms with Gasteiger partial charge in [-0.05, 0) is 24.3 Å². The summed E-state index contributed by atoms with van der Waals surface area (Å²) in [7, 11) is 1.32. The minimum atomic E-state index is -0.432. The van der Waals surface area contributed by atoms with Crippen molar-refractivity contribution in [2.75, 3.05) is 13.7 Å². The van der Waals surface area contributed by atoms with Crippen LogP contribution < -0.4 is 5.32 Å². The lowest BCUT2D eigenvalue weighted by Gasteiger charge is -2.01. The Morgan fingerprint density at radius 1 is 1.26 bits per heavy atom. The van der Waals surface area contributed by atoms with Crippen LogP contribution in [0.3, 0.4) is 0 Å². The van der Waals surface area contributed by atoms with E-state index in [9.17, 15) is 9.59 Å². The highest BCUT2D eigenvalue weighted by atomic mass is 32.1. The Kier molecular flexibility index (Phi) is 4.38. The average Bonchev–Trinajstić information content (AvgIpc) is 3.20. The number of carbonyl (C=O) groups excluding carboxylic acids is 2. The molecule has 7 heteroatoms. The van der Waals surface area contributed by atoms with Gasteiger partial charge in [-0.25, -0.2) is 9.78 Å².